The highest BCUT2D eigenvalue weighted by Gasteiger charge is 2.27. The van der Waals surface area contributed by atoms with E-state index in [1.54, 1.807) is 47.1 Å². The van der Waals surface area contributed by atoms with Crippen molar-refractivity contribution >= 4 is 17.4 Å². The minimum absolute atomic E-state index is 0.0376. The maximum absolute atomic E-state index is 12.4. The molecule has 3 aromatic rings. The van der Waals surface area contributed by atoms with Gasteiger partial charge in [0.1, 0.15) is 0 Å². The van der Waals surface area contributed by atoms with Crippen molar-refractivity contribution in [1.82, 2.24) is 15.1 Å². The first kappa shape index (κ1) is 22.1. The smallest absolute Gasteiger partial charge is 0.319 e. The Morgan fingerprint density at radius 2 is 2.03 bits per heavy atom. The van der Waals surface area contributed by atoms with Crippen LogP contribution in [0.4, 0.5) is 16.2 Å². The third kappa shape index (κ3) is 4.57. The van der Waals surface area contributed by atoms with Gasteiger partial charge in [-0.05, 0) is 50.6 Å². The van der Waals surface area contributed by atoms with Crippen molar-refractivity contribution in [3.8, 4) is 11.8 Å². The van der Waals surface area contributed by atoms with E-state index in [1.807, 2.05) is 32.1 Å². The molecule has 2 amide bonds. The predicted octanol–water partition coefficient (Wildman–Crippen LogP) is 4.29. The first-order valence-electron chi connectivity index (χ1n) is 10.4. The molecular formula is C24H23N6O3-. The molecule has 4 rings (SSSR count). The van der Waals surface area contributed by atoms with Gasteiger partial charge in [0.25, 0.3) is 0 Å². The molecule has 2 unspecified atom stereocenters. The van der Waals surface area contributed by atoms with Crippen LogP contribution in [0.3, 0.4) is 0 Å². The zero-order valence-corrected chi connectivity index (χ0v) is 18.2. The van der Waals surface area contributed by atoms with Crippen LogP contribution < -0.4 is 15.9 Å². The summed E-state index contributed by atoms with van der Waals surface area (Å²) < 4.78 is 1.66. The van der Waals surface area contributed by atoms with E-state index in [4.69, 9.17) is 5.26 Å². The number of nitrogens with zero attached hydrogens (tertiary/aromatic N) is 4. The number of allylic oxidation sites excluding steroid dienone is 1. The van der Waals surface area contributed by atoms with Crippen LogP contribution in [0.15, 0.2) is 60.7 Å². The molecule has 0 saturated heterocycles. The van der Waals surface area contributed by atoms with Crippen molar-refractivity contribution < 1.29 is 10.0 Å². The second-order valence-corrected chi connectivity index (χ2v) is 7.88. The van der Waals surface area contributed by atoms with E-state index < -0.39 is 0 Å². The van der Waals surface area contributed by atoms with Gasteiger partial charge in [-0.1, -0.05) is 30.4 Å². The Morgan fingerprint density at radius 1 is 1.24 bits per heavy atom. The highest BCUT2D eigenvalue weighted by Crippen LogP contribution is 2.35. The molecule has 9 heteroatoms. The van der Waals surface area contributed by atoms with Crippen molar-refractivity contribution in [2.45, 2.75) is 32.2 Å². The van der Waals surface area contributed by atoms with Crippen LogP contribution in [0, 0.1) is 30.4 Å². The number of hydrogen-bond donors (Lipinski definition) is 3. The average Bonchev–Trinajstić information content (AvgIpc) is 3.36. The number of hydrogen-bond acceptors (Lipinski definition) is 6. The molecule has 0 fully saturated rings. The lowest BCUT2D eigenvalue weighted by molar-refractivity contribution is 0.250. The molecule has 9 nitrogen and oxygen atoms in total. The van der Waals surface area contributed by atoms with Crippen molar-refractivity contribution in [2.75, 3.05) is 10.5 Å². The molecule has 1 aliphatic rings. The second kappa shape index (κ2) is 9.16. The molecule has 0 bridgehead atoms. The molecule has 1 aromatic heterocycles. The average molecular weight is 443 g/mol. The van der Waals surface area contributed by atoms with Gasteiger partial charge >= 0.3 is 6.03 Å². The standard InChI is InChI=1S/C24H23N6O3/c1-15-23(16(2)29(28-15)21-8-3-4-9-22(21)30(32)33)18-10-11-20(13-18)27-24(31)26-19-7-5-6-17(12-19)14-25/h3-12,18,20,32H,13H2,1-2H3,(H2,26,27,31)/q-1. The molecule has 0 saturated carbocycles. The Morgan fingerprint density at radius 3 is 2.79 bits per heavy atom. The van der Waals surface area contributed by atoms with E-state index in [2.05, 4.69) is 15.7 Å². The molecule has 3 N–H and O–H groups in total. The minimum atomic E-state index is -0.350. The van der Waals surface area contributed by atoms with Crippen LogP contribution in [0.1, 0.15) is 34.9 Å². The zero-order chi connectivity index (χ0) is 23.5. The molecule has 1 heterocycles. The Labute approximate surface area is 191 Å². The summed E-state index contributed by atoms with van der Waals surface area (Å²) in [6.45, 7) is 3.82. The van der Waals surface area contributed by atoms with Crippen LogP contribution in [0.25, 0.3) is 5.69 Å². The van der Waals surface area contributed by atoms with Gasteiger partial charge in [0.15, 0.2) is 0 Å². The van der Waals surface area contributed by atoms with Crippen LogP contribution in [0.5, 0.6) is 0 Å². The largest absolute Gasteiger partial charge is 0.733 e. The number of nitriles is 1. The maximum atomic E-state index is 12.4. The molecule has 0 aliphatic heterocycles. The van der Waals surface area contributed by atoms with Gasteiger partial charge in [0, 0.05) is 28.9 Å². The highest BCUT2D eigenvalue weighted by atomic mass is 16.8. The highest BCUT2D eigenvalue weighted by molar-refractivity contribution is 5.89. The van der Waals surface area contributed by atoms with Crippen molar-refractivity contribution in [3.63, 3.8) is 0 Å². The number of para-hydroxylation sites is 2. The summed E-state index contributed by atoms with van der Waals surface area (Å²) in [5, 5.41) is 40.2. The summed E-state index contributed by atoms with van der Waals surface area (Å²) in [6, 6.07) is 14.9. The first-order valence-corrected chi connectivity index (χ1v) is 10.4. The Kier molecular flexibility index (Phi) is 6.13. The van der Waals surface area contributed by atoms with E-state index in [-0.39, 0.29) is 28.9 Å². The normalized spacial score (nSPS) is 16.9. The zero-order valence-electron chi connectivity index (χ0n) is 18.2. The summed E-state index contributed by atoms with van der Waals surface area (Å²) in [5.41, 5.74) is 4.29. The number of nitrogens with one attached hydrogen (secondary N) is 2. The fourth-order valence-corrected chi connectivity index (χ4v) is 4.25. The van der Waals surface area contributed by atoms with Crippen molar-refractivity contribution in [2.24, 2.45) is 0 Å². The lowest BCUT2D eigenvalue weighted by Gasteiger charge is -2.24. The van der Waals surface area contributed by atoms with Gasteiger partial charge in [-0.2, -0.15) is 10.4 Å². The number of aryl methyl sites for hydroxylation is 1. The fourth-order valence-electron chi connectivity index (χ4n) is 4.25. The molecule has 0 radical (unpaired) electrons. The van der Waals surface area contributed by atoms with Crippen LogP contribution in [0.2, 0.25) is 0 Å². The van der Waals surface area contributed by atoms with E-state index in [9.17, 15) is 15.2 Å². The van der Waals surface area contributed by atoms with Gasteiger partial charge in [-0.15, -0.1) is 0 Å². The summed E-state index contributed by atoms with van der Waals surface area (Å²) in [4.78, 5) is 12.4. The number of benzene rings is 2. The monoisotopic (exact) mass is 443 g/mol. The quantitative estimate of drug-likeness (QED) is 0.398. The number of urea groups is 1. The molecule has 33 heavy (non-hydrogen) atoms. The number of aromatic nitrogens is 2. The molecule has 1 aliphatic carbocycles. The minimum Gasteiger partial charge on any atom is -0.733 e. The second-order valence-electron chi connectivity index (χ2n) is 7.88. The van der Waals surface area contributed by atoms with Crippen LogP contribution >= 0.6 is 0 Å². The Hall–Kier alpha value is -4.13. The molecule has 0 spiro atoms. The Bertz CT molecular complexity index is 1260. The van der Waals surface area contributed by atoms with Crippen molar-refractivity contribution in [3.05, 3.63) is 88.4 Å². The van der Waals surface area contributed by atoms with Crippen LogP contribution in [-0.2, 0) is 0 Å². The van der Waals surface area contributed by atoms with Gasteiger partial charge in [0.05, 0.1) is 28.7 Å². The Balaban J connectivity index is 1.47. The summed E-state index contributed by atoms with van der Waals surface area (Å²) in [7, 11) is 0. The first-order chi connectivity index (χ1) is 15.9. The number of carbonyl (C=O) groups is 1. The molecule has 2 aromatic carbocycles. The summed E-state index contributed by atoms with van der Waals surface area (Å²) >= 11 is 0. The number of carbonyl (C=O) groups excluding carboxylic acids is 1. The fraction of sp³-hybridized carbons (Fsp3) is 0.208. The number of rotatable bonds is 5. The molecular weight excluding hydrogens is 420 g/mol. The summed E-state index contributed by atoms with van der Waals surface area (Å²) in [5.74, 6) is 0.0376. The SMILES string of the molecule is Cc1nn(-c2ccccc2N([O-])O)c(C)c1C1C=CC(NC(=O)Nc2cccc(C#N)c2)C1. The lowest BCUT2D eigenvalue weighted by Crippen LogP contribution is -2.36. The number of anilines is 2. The van der Waals surface area contributed by atoms with Gasteiger partial charge in [-0.3, -0.25) is 5.21 Å². The lowest BCUT2D eigenvalue weighted by atomic mass is 9.96. The van der Waals surface area contributed by atoms with E-state index in [1.165, 1.54) is 6.07 Å². The number of amides is 2. The van der Waals surface area contributed by atoms with Gasteiger partial charge in [0.2, 0.25) is 0 Å². The van der Waals surface area contributed by atoms with E-state index in [0.717, 1.165) is 17.0 Å². The van der Waals surface area contributed by atoms with Gasteiger partial charge < -0.3 is 21.1 Å². The third-order valence-electron chi connectivity index (χ3n) is 5.68. The van der Waals surface area contributed by atoms with E-state index in [0.29, 0.717) is 23.4 Å². The predicted molar refractivity (Wildman–Crippen MR) is 124 cm³/mol. The van der Waals surface area contributed by atoms with Gasteiger partial charge in [-0.25, -0.2) is 9.48 Å². The van der Waals surface area contributed by atoms with E-state index >= 15 is 0 Å². The maximum Gasteiger partial charge on any atom is 0.319 e. The molecule has 2 atom stereocenters. The van der Waals surface area contributed by atoms with Crippen LogP contribution in [-0.4, -0.2) is 27.1 Å². The van der Waals surface area contributed by atoms with Crippen molar-refractivity contribution in [1.29, 1.82) is 5.26 Å². The third-order valence-corrected chi connectivity index (χ3v) is 5.68. The topological polar surface area (TPSA) is 129 Å². The molecule has 168 valence electrons. The summed E-state index contributed by atoms with van der Waals surface area (Å²) in [6.07, 6.45) is 4.65.